The number of carbonyl (C=O) groups excluding carboxylic acids is 1. The van der Waals surface area contributed by atoms with Crippen LogP contribution in [0.5, 0.6) is 0 Å². The lowest BCUT2D eigenvalue weighted by molar-refractivity contribution is -0.151. The molecule has 0 saturated carbocycles. The molecule has 2 heterocycles. The third kappa shape index (κ3) is 2.07. The van der Waals surface area contributed by atoms with Crippen LogP contribution in [0.1, 0.15) is 19.8 Å². The minimum atomic E-state index is -0.0362. The van der Waals surface area contributed by atoms with E-state index in [0.717, 1.165) is 26.1 Å². The molecule has 0 spiro atoms. The summed E-state index contributed by atoms with van der Waals surface area (Å²) in [6.45, 7) is 3.79. The van der Waals surface area contributed by atoms with E-state index in [2.05, 4.69) is 5.32 Å². The summed E-state index contributed by atoms with van der Waals surface area (Å²) in [7, 11) is 0. The van der Waals surface area contributed by atoms with Crippen molar-refractivity contribution in [2.24, 2.45) is 5.92 Å². The third-order valence-electron chi connectivity index (χ3n) is 2.87. The van der Waals surface area contributed by atoms with Gasteiger partial charge >= 0.3 is 5.97 Å². The Morgan fingerprint density at radius 1 is 1.43 bits per heavy atom. The molecule has 0 aromatic rings. The zero-order valence-electron chi connectivity index (χ0n) is 8.49. The monoisotopic (exact) mass is 199 g/mol. The summed E-state index contributed by atoms with van der Waals surface area (Å²) >= 11 is 0. The van der Waals surface area contributed by atoms with Gasteiger partial charge < -0.3 is 14.8 Å². The lowest BCUT2D eigenvalue weighted by Gasteiger charge is -2.39. The molecule has 14 heavy (non-hydrogen) atoms. The Morgan fingerprint density at radius 2 is 2.07 bits per heavy atom. The summed E-state index contributed by atoms with van der Waals surface area (Å²) in [5.74, 6) is 0.0426. The van der Waals surface area contributed by atoms with Crippen LogP contribution in [0.4, 0.5) is 0 Å². The van der Waals surface area contributed by atoms with Crippen molar-refractivity contribution in [2.45, 2.75) is 31.8 Å². The predicted octanol–water partition coefficient (Wildman–Crippen LogP) is 0.317. The average molecular weight is 199 g/mol. The number of fused-ring (bicyclic) bond motifs is 2. The Labute approximate surface area is 84.0 Å². The zero-order valence-corrected chi connectivity index (χ0v) is 8.49. The van der Waals surface area contributed by atoms with Crippen molar-refractivity contribution in [3.63, 3.8) is 0 Å². The van der Waals surface area contributed by atoms with Gasteiger partial charge in [0.05, 0.1) is 25.7 Å². The molecule has 0 aromatic heterocycles. The summed E-state index contributed by atoms with van der Waals surface area (Å²) in [5, 5.41) is 3.45. The van der Waals surface area contributed by atoms with Crippen LogP contribution in [0.2, 0.25) is 0 Å². The molecule has 1 N–H and O–H groups in total. The Kier molecular flexibility index (Phi) is 3.03. The van der Waals surface area contributed by atoms with Crippen molar-refractivity contribution in [1.82, 2.24) is 5.32 Å². The van der Waals surface area contributed by atoms with E-state index in [1.54, 1.807) is 0 Å². The summed E-state index contributed by atoms with van der Waals surface area (Å²) < 4.78 is 10.4. The molecule has 2 aliphatic heterocycles. The Bertz CT molecular complexity index is 207. The van der Waals surface area contributed by atoms with Crippen molar-refractivity contribution in [3.05, 3.63) is 0 Å². The highest BCUT2D eigenvalue weighted by molar-refractivity contribution is 5.72. The topological polar surface area (TPSA) is 47.6 Å². The van der Waals surface area contributed by atoms with Gasteiger partial charge in [-0.3, -0.25) is 4.79 Å². The van der Waals surface area contributed by atoms with Crippen LogP contribution < -0.4 is 5.32 Å². The molecule has 80 valence electrons. The molecular formula is C10H17NO3. The number of hydrogen-bond donors (Lipinski definition) is 1. The van der Waals surface area contributed by atoms with Crippen molar-refractivity contribution in [1.29, 1.82) is 0 Å². The van der Waals surface area contributed by atoms with Crippen LogP contribution in [-0.4, -0.2) is 37.9 Å². The van der Waals surface area contributed by atoms with Crippen molar-refractivity contribution in [2.75, 3.05) is 19.8 Å². The van der Waals surface area contributed by atoms with E-state index >= 15 is 0 Å². The number of morpholine rings is 1. The van der Waals surface area contributed by atoms with Crippen LogP contribution >= 0.6 is 0 Å². The number of esters is 1. The number of nitrogens with one attached hydrogen (secondary N) is 1. The maximum absolute atomic E-state index is 11.5. The smallest absolute Gasteiger partial charge is 0.309 e. The van der Waals surface area contributed by atoms with Gasteiger partial charge in [-0.25, -0.2) is 0 Å². The summed E-state index contributed by atoms with van der Waals surface area (Å²) in [6.07, 6.45) is 1.71. The highest BCUT2D eigenvalue weighted by Gasteiger charge is 2.35. The molecule has 2 unspecified atom stereocenters. The number of carbonyl (C=O) groups is 1. The van der Waals surface area contributed by atoms with Crippen molar-refractivity contribution in [3.8, 4) is 0 Å². The number of hydrogen-bond acceptors (Lipinski definition) is 4. The van der Waals surface area contributed by atoms with Gasteiger partial charge in [0.1, 0.15) is 0 Å². The van der Waals surface area contributed by atoms with Crippen LogP contribution in [-0.2, 0) is 14.3 Å². The van der Waals surface area contributed by atoms with E-state index in [-0.39, 0.29) is 11.9 Å². The molecule has 4 nitrogen and oxygen atoms in total. The minimum Gasteiger partial charge on any atom is -0.466 e. The lowest BCUT2D eigenvalue weighted by atomic mass is 9.87. The largest absolute Gasteiger partial charge is 0.466 e. The fourth-order valence-corrected chi connectivity index (χ4v) is 2.29. The first-order valence-electron chi connectivity index (χ1n) is 5.30. The van der Waals surface area contributed by atoms with Gasteiger partial charge in [-0.1, -0.05) is 0 Å². The fourth-order valence-electron chi connectivity index (χ4n) is 2.29. The molecular weight excluding hydrogens is 182 g/mol. The summed E-state index contributed by atoms with van der Waals surface area (Å²) in [4.78, 5) is 11.5. The quantitative estimate of drug-likeness (QED) is 0.650. The van der Waals surface area contributed by atoms with Crippen LogP contribution in [0.15, 0.2) is 0 Å². The molecule has 2 bridgehead atoms. The van der Waals surface area contributed by atoms with Gasteiger partial charge in [0.25, 0.3) is 0 Å². The number of rotatable bonds is 2. The highest BCUT2D eigenvalue weighted by Crippen LogP contribution is 2.24. The van der Waals surface area contributed by atoms with E-state index in [4.69, 9.17) is 9.47 Å². The van der Waals surface area contributed by atoms with E-state index in [9.17, 15) is 4.79 Å². The average Bonchev–Trinajstić information content (AvgIpc) is 2.17. The molecule has 2 aliphatic rings. The van der Waals surface area contributed by atoms with Crippen molar-refractivity contribution < 1.29 is 14.3 Å². The first-order chi connectivity index (χ1) is 6.79. The lowest BCUT2D eigenvalue weighted by Crippen LogP contribution is -2.55. The van der Waals surface area contributed by atoms with E-state index in [0.29, 0.717) is 18.7 Å². The predicted molar refractivity (Wildman–Crippen MR) is 50.9 cm³/mol. The zero-order chi connectivity index (χ0) is 9.97. The third-order valence-corrected chi connectivity index (χ3v) is 2.87. The molecule has 4 heteroatoms. The molecule has 2 fully saturated rings. The van der Waals surface area contributed by atoms with Crippen molar-refractivity contribution >= 4 is 5.97 Å². The number of piperidine rings is 1. The van der Waals surface area contributed by atoms with Crippen LogP contribution in [0.3, 0.4) is 0 Å². The van der Waals surface area contributed by atoms with Gasteiger partial charge in [0, 0.05) is 12.1 Å². The number of ether oxygens (including phenoxy) is 2. The maximum Gasteiger partial charge on any atom is 0.309 e. The summed E-state index contributed by atoms with van der Waals surface area (Å²) in [6, 6.07) is 0.689. The molecule has 0 radical (unpaired) electrons. The standard InChI is InChI=1S/C10H17NO3/c1-2-14-10(12)7-3-8-5-13-6-9(4-7)11-8/h7-9,11H,2-6H2,1H3. The Balaban J connectivity index is 1.91. The minimum absolute atomic E-state index is 0.0362. The van der Waals surface area contributed by atoms with Gasteiger partial charge in [-0.2, -0.15) is 0 Å². The van der Waals surface area contributed by atoms with Gasteiger partial charge in [-0.05, 0) is 19.8 Å². The molecule has 2 rings (SSSR count). The first kappa shape index (κ1) is 9.93. The molecule has 0 amide bonds. The van der Waals surface area contributed by atoms with E-state index in [1.807, 2.05) is 6.92 Å². The summed E-state index contributed by atoms with van der Waals surface area (Å²) in [5.41, 5.74) is 0. The molecule has 0 aromatic carbocycles. The van der Waals surface area contributed by atoms with Crippen LogP contribution in [0, 0.1) is 5.92 Å². The van der Waals surface area contributed by atoms with Gasteiger partial charge in [-0.15, -0.1) is 0 Å². The highest BCUT2D eigenvalue weighted by atomic mass is 16.5. The second-order valence-electron chi connectivity index (χ2n) is 4.02. The molecule has 2 saturated heterocycles. The van der Waals surface area contributed by atoms with Crippen LogP contribution in [0.25, 0.3) is 0 Å². The fraction of sp³-hybridized carbons (Fsp3) is 0.900. The first-order valence-corrected chi connectivity index (χ1v) is 5.30. The SMILES string of the molecule is CCOC(=O)C1CC2COCC(C1)N2. The van der Waals surface area contributed by atoms with E-state index in [1.165, 1.54) is 0 Å². The Morgan fingerprint density at radius 3 is 2.64 bits per heavy atom. The van der Waals surface area contributed by atoms with Gasteiger partial charge in [0.15, 0.2) is 0 Å². The second kappa shape index (κ2) is 4.28. The maximum atomic E-state index is 11.5. The second-order valence-corrected chi connectivity index (χ2v) is 4.02. The molecule has 0 aliphatic carbocycles. The Hall–Kier alpha value is -0.610. The normalized spacial score (nSPS) is 36.5. The van der Waals surface area contributed by atoms with Gasteiger partial charge in [0.2, 0.25) is 0 Å². The van der Waals surface area contributed by atoms with E-state index < -0.39 is 0 Å². The molecule has 2 atom stereocenters.